The number of nitrogens with two attached hydrogens (primary N) is 1. The van der Waals surface area contributed by atoms with Crippen LogP contribution in [0.4, 0.5) is 0 Å². The molecule has 0 saturated heterocycles. The Morgan fingerprint density at radius 2 is 1.62 bits per heavy atom. The van der Waals surface area contributed by atoms with Crippen molar-refractivity contribution in [3.63, 3.8) is 0 Å². The van der Waals surface area contributed by atoms with Crippen molar-refractivity contribution < 1.29 is 10.0 Å². The standard InChI is InChI=1S/C16H25N3O2/c17-13(19-21)16(2-1-3-16)14(20)18-15-7-10-4-11(8-15)6-12(5-10)9-15/h10-12,21H,1-9H2,(H2,17,19)(H,18,20). The zero-order valence-electron chi connectivity index (χ0n) is 12.5. The number of amides is 1. The highest BCUT2D eigenvalue weighted by atomic mass is 16.4. The maximum absolute atomic E-state index is 12.8. The van der Waals surface area contributed by atoms with E-state index in [-0.39, 0.29) is 17.3 Å². The van der Waals surface area contributed by atoms with Gasteiger partial charge in [-0.3, -0.25) is 4.79 Å². The molecule has 5 heteroatoms. The van der Waals surface area contributed by atoms with Gasteiger partial charge in [-0.15, -0.1) is 0 Å². The van der Waals surface area contributed by atoms with Crippen LogP contribution >= 0.6 is 0 Å². The van der Waals surface area contributed by atoms with Gasteiger partial charge in [0.15, 0.2) is 5.84 Å². The molecule has 5 saturated carbocycles. The molecule has 4 N–H and O–H groups in total. The molecule has 0 radical (unpaired) electrons. The second-order valence-corrected chi connectivity index (χ2v) is 8.07. The number of hydrogen-bond acceptors (Lipinski definition) is 3. The van der Waals surface area contributed by atoms with Crippen molar-refractivity contribution in [2.24, 2.45) is 34.1 Å². The minimum atomic E-state index is -0.738. The smallest absolute Gasteiger partial charge is 0.234 e. The topological polar surface area (TPSA) is 87.7 Å². The largest absolute Gasteiger partial charge is 0.409 e. The van der Waals surface area contributed by atoms with Crippen molar-refractivity contribution in [2.45, 2.75) is 63.3 Å². The number of carbonyl (C=O) groups excluding carboxylic acids is 1. The van der Waals surface area contributed by atoms with E-state index in [0.29, 0.717) is 12.8 Å². The number of rotatable bonds is 3. The molecule has 5 fully saturated rings. The minimum absolute atomic E-state index is 0.00413. The Labute approximate surface area is 125 Å². The fraction of sp³-hybridized carbons (Fsp3) is 0.875. The van der Waals surface area contributed by atoms with Gasteiger partial charge < -0.3 is 16.3 Å². The molecule has 4 bridgehead atoms. The van der Waals surface area contributed by atoms with Crippen LogP contribution in [0.5, 0.6) is 0 Å². The quantitative estimate of drug-likeness (QED) is 0.321. The number of oxime groups is 1. The molecule has 0 spiro atoms. The van der Waals surface area contributed by atoms with E-state index in [0.717, 1.165) is 43.4 Å². The zero-order valence-corrected chi connectivity index (χ0v) is 12.5. The first-order chi connectivity index (χ1) is 10.1. The average Bonchev–Trinajstić information content (AvgIpc) is 2.34. The summed E-state index contributed by atoms with van der Waals surface area (Å²) >= 11 is 0. The predicted octanol–water partition coefficient (Wildman–Crippen LogP) is 1.99. The summed E-state index contributed by atoms with van der Waals surface area (Å²) < 4.78 is 0. The molecule has 0 aromatic carbocycles. The maximum atomic E-state index is 12.8. The molecular weight excluding hydrogens is 266 g/mol. The van der Waals surface area contributed by atoms with Crippen LogP contribution < -0.4 is 11.1 Å². The summed E-state index contributed by atoms with van der Waals surface area (Å²) in [7, 11) is 0. The van der Waals surface area contributed by atoms with Crippen LogP contribution in [0.1, 0.15) is 57.8 Å². The summed E-state index contributed by atoms with van der Waals surface area (Å²) in [6.45, 7) is 0. The normalized spacial score (nSPS) is 43.4. The predicted molar refractivity (Wildman–Crippen MR) is 78.7 cm³/mol. The highest BCUT2D eigenvalue weighted by Gasteiger charge is 2.55. The third kappa shape index (κ3) is 1.89. The summed E-state index contributed by atoms with van der Waals surface area (Å²) in [5.41, 5.74) is 5.09. The third-order valence-corrected chi connectivity index (χ3v) is 6.66. The Morgan fingerprint density at radius 3 is 2.00 bits per heavy atom. The number of nitrogens with zero attached hydrogens (tertiary/aromatic N) is 1. The molecule has 0 aromatic rings. The Kier molecular flexibility index (Phi) is 2.79. The number of amidine groups is 1. The number of nitrogens with one attached hydrogen (secondary N) is 1. The van der Waals surface area contributed by atoms with Crippen molar-refractivity contribution in [1.82, 2.24) is 5.32 Å². The number of carbonyl (C=O) groups is 1. The summed E-state index contributed by atoms with van der Waals surface area (Å²) in [5, 5.41) is 15.5. The maximum Gasteiger partial charge on any atom is 0.234 e. The van der Waals surface area contributed by atoms with Gasteiger partial charge in [-0.25, -0.2) is 0 Å². The monoisotopic (exact) mass is 291 g/mol. The Hall–Kier alpha value is -1.26. The molecule has 0 unspecified atom stereocenters. The first-order valence-corrected chi connectivity index (χ1v) is 8.36. The highest BCUT2D eigenvalue weighted by molar-refractivity contribution is 6.07. The first kappa shape index (κ1) is 13.4. The van der Waals surface area contributed by atoms with Gasteiger partial charge in [0, 0.05) is 5.54 Å². The second-order valence-electron chi connectivity index (χ2n) is 8.07. The lowest BCUT2D eigenvalue weighted by Gasteiger charge is -2.57. The third-order valence-electron chi connectivity index (χ3n) is 6.66. The van der Waals surface area contributed by atoms with Gasteiger partial charge in [-0.1, -0.05) is 11.6 Å². The Balaban J connectivity index is 1.54. The van der Waals surface area contributed by atoms with E-state index in [1.807, 2.05) is 0 Å². The van der Waals surface area contributed by atoms with Gasteiger partial charge >= 0.3 is 0 Å². The lowest BCUT2D eigenvalue weighted by Crippen LogP contribution is -2.64. The SMILES string of the molecule is NC(=NO)C1(C(=O)NC23CC4CC(CC(C4)C2)C3)CCC1. The van der Waals surface area contributed by atoms with Gasteiger partial charge in [-0.05, 0) is 69.1 Å². The van der Waals surface area contributed by atoms with Gasteiger partial charge in [0.2, 0.25) is 5.91 Å². The molecule has 0 atom stereocenters. The molecule has 21 heavy (non-hydrogen) atoms. The van der Waals surface area contributed by atoms with Crippen molar-refractivity contribution in [3.05, 3.63) is 0 Å². The van der Waals surface area contributed by atoms with Crippen LogP contribution in [0.3, 0.4) is 0 Å². The Bertz CT molecular complexity index is 460. The molecule has 5 aliphatic carbocycles. The molecule has 1 amide bonds. The van der Waals surface area contributed by atoms with Crippen LogP contribution in [-0.2, 0) is 4.79 Å². The summed E-state index contributed by atoms with van der Waals surface area (Å²) in [6, 6.07) is 0. The van der Waals surface area contributed by atoms with Crippen LogP contribution in [0.25, 0.3) is 0 Å². The van der Waals surface area contributed by atoms with E-state index in [9.17, 15) is 4.79 Å². The van der Waals surface area contributed by atoms with E-state index in [1.54, 1.807) is 0 Å². The molecule has 0 heterocycles. The van der Waals surface area contributed by atoms with Crippen molar-refractivity contribution in [2.75, 3.05) is 0 Å². The first-order valence-electron chi connectivity index (χ1n) is 8.36. The summed E-state index contributed by atoms with van der Waals surface area (Å²) in [5.74, 6) is 2.51. The fourth-order valence-corrected chi connectivity index (χ4v) is 5.85. The molecule has 0 aliphatic heterocycles. The van der Waals surface area contributed by atoms with Crippen molar-refractivity contribution in [1.29, 1.82) is 0 Å². The van der Waals surface area contributed by atoms with Crippen LogP contribution in [0.2, 0.25) is 0 Å². The fourth-order valence-electron chi connectivity index (χ4n) is 5.85. The summed E-state index contributed by atoms with van der Waals surface area (Å²) in [4.78, 5) is 12.8. The van der Waals surface area contributed by atoms with Gasteiger partial charge in [0.05, 0.1) is 0 Å². The van der Waals surface area contributed by atoms with Crippen LogP contribution in [0, 0.1) is 23.2 Å². The second kappa shape index (κ2) is 4.37. The van der Waals surface area contributed by atoms with Crippen molar-refractivity contribution in [3.8, 4) is 0 Å². The van der Waals surface area contributed by atoms with E-state index in [1.165, 1.54) is 19.3 Å². The van der Waals surface area contributed by atoms with Gasteiger partial charge in [0.1, 0.15) is 5.41 Å². The molecule has 5 rings (SSSR count). The van der Waals surface area contributed by atoms with Gasteiger partial charge in [0.25, 0.3) is 0 Å². The molecule has 5 aliphatic rings. The molecule has 116 valence electrons. The van der Waals surface area contributed by atoms with E-state index in [2.05, 4.69) is 10.5 Å². The Morgan fingerprint density at radius 1 is 1.10 bits per heavy atom. The van der Waals surface area contributed by atoms with E-state index >= 15 is 0 Å². The molecular formula is C16H25N3O2. The molecule has 0 aromatic heterocycles. The van der Waals surface area contributed by atoms with E-state index < -0.39 is 5.41 Å². The van der Waals surface area contributed by atoms with Gasteiger partial charge in [-0.2, -0.15) is 0 Å². The average molecular weight is 291 g/mol. The number of hydrogen-bond donors (Lipinski definition) is 3. The van der Waals surface area contributed by atoms with Crippen molar-refractivity contribution >= 4 is 11.7 Å². The van der Waals surface area contributed by atoms with Crippen LogP contribution in [-0.4, -0.2) is 22.5 Å². The lowest BCUT2D eigenvalue weighted by molar-refractivity contribution is -0.137. The highest BCUT2D eigenvalue weighted by Crippen LogP contribution is 2.56. The zero-order chi connectivity index (χ0) is 14.7. The van der Waals surface area contributed by atoms with Crippen LogP contribution in [0.15, 0.2) is 5.16 Å². The van der Waals surface area contributed by atoms with E-state index in [4.69, 9.17) is 10.9 Å². The summed E-state index contributed by atoms with van der Waals surface area (Å²) in [6.07, 6.45) is 9.89. The minimum Gasteiger partial charge on any atom is -0.409 e. The molecule has 5 nitrogen and oxygen atoms in total. The lowest BCUT2D eigenvalue weighted by atomic mass is 9.52.